The van der Waals surface area contributed by atoms with Gasteiger partial charge in [0.25, 0.3) is 0 Å². The van der Waals surface area contributed by atoms with Crippen molar-refractivity contribution in [3.63, 3.8) is 0 Å². The van der Waals surface area contributed by atoms with Crippen LogP contribution in [0.1, 0.15) is 18.1 Å². The van der Waals surface area contributed by atoms with Crippen LogP contribution in [0, 0.1) is 5.92 Å². The maximum atomic E-state index is 10.3. The Morgan fingerprint density at radius 1 is 1.56 bits per heavy atom. The van der Waals surface area contributed by atoms with Crippen molar-refractivity contribution < 1.29 is 9.84 Å². The summed E-state index contributed by atoms with van der Waals surface area (Å²) < 4.78 is 5.26. The van der Waals surface area contributed by atoms with Crippen LogP contribution in [0.5, 0.6) is 5.75 Å². The van der Waals surface area contributed by atoms with Gasteiger partial charge in [-0.1, -0.05) is 11.6 Å². The molecule has 4 heteroatoms. The molecular formula is C12H15ClO2S. The number of hydrogen-bond donors (Lipinski definition) is 1. The van der Waals surface area contributed by atoms with Crippen molar-refractivity contribution in [2.75, 3.05) is 18.6 Å². The number of halogens is 1. The van der Waals surface area contributed by atoms with Crippen LogP contribution in [0.25, 0.3) is 0 Å². The van der Waals surface area contributed by atoms with Gasteiger partial charge < -0.3 is 9.84 Å². The van der Waals surface area contributed by atoms with Gasteiger partial charge in [-0.3, -0.25) is 0 Å². The Kier molecular flexibility index (Phi) is 4.00. The van der Waals surface area contributed by atoms with Gasteiger partial charge in [-0.2, -0.15) is 11.8 Å². The van der Waals surface area contributed by atoms with E-state index in [0.717, 1.165) is 23.5 Å². The zero-order valence-electron chi connectivity index (χ0n) is 9.15. The van der Waals surface area contributed by atoms with Crippen LogP contribution in [0.4, 0.5) is 0 Å². The van der Waals surface area contributed by atoms with E-state index in [-0.39, 0.29) is 0 Å². The summed E-state index contributed by atoms with van der Waals surface area (Å²) in [5, 5.41) is 10.9. The Morgan fingerprint density at radius 2 is 2.38 bits per heavy atom. The third-order valence-electron chi connectivity index (χ3n) is 2.92. The van der Waals surface area contributed by atoms with Gasteiger partial charge in [0.15, 0.2) is 0 Å². The summed E-state index contributed by atoms with van der Waals surface area (Å²) in [6.45, 7) is 0. The minimum Gasteiger partial charge on any atom is -0.496 e. The highest BCUT2D eigenvalue weighted by atomic mass is 35.5. The molecule has 0 bridgehead atoms. The van der Waals surface area contributed by atoms with E-state index in [4.69, 9.17) is 16.3 Å². The fourth-order valence-electron chi connectivity index (χ4n) is 1.99. The number of benzene rings is 1. The van der Waals surface area contributed by atoms with E-state index < -0.39 is 6.10 Å². The summed E-state index contributed by atoms with van der Waals surface area (Å²) in [5.41, 5.74) is 0.808. The molecule has 1 N–H and O–H groups in total. The van der Waals surface area contributed by atoms with Crippen molar-refractivity contribution in [2.24, 2.45) is 5.92 Å². The molecule has 1 aromatic rings. The number of aliphatic hydroxyl groups excluding tert-OH is 1. The van der Waals surface area contributed by atoms with Gasteiger partial charge in [-0.05, 0) is 42.0 Å². The first kappa shape index (κ1) is 12.1. The molecule has 1 heterocycles. The fraction of sp³-hybridized carbons (Fsp3) is 0.500. The molecule has 1 aromatic carbocycles. The smallest absolute Gasteiger partial charge is 0.124 e. The minimum atomic E-state index is -0.469. The molecule has 2 unspecified atom stereocenters. The van der Waals surface area contributed by atoms with Crippen LogP contribution in [0.15, 0.2) is 18.2 Å². The van der Waals surface area contributed by atoms with Gasteiger partial charge in [0.1, 0.15) is 5.75 Å². The highest BCUT2D eigenvalue weighted by molar-refractivity contribution is 7.99. The molecule has 2 rings (SSSR count). The summed E-state index contributed by atoms with van der Waals surface area (Å²) >= 11 is 7.84. The van der Waals surface area contributed by atoms with E-state index in [2.05, 4.69) is 0 Å². The van der Waals surface area contributed by atoms with Gasteiger partial charge in [0.2, 0.25) is 0 Å². The maximum Gasteiger partial charge on any atom is 0.124 e. The third kappa shape index (κ3) is 2.47. The van der Waals surface area contributed by atoms with Gasteiger partial charge in [0.05, 0.1) is 13.2 Å². The topological polar surface area (TPSA) is 29.5 Å². The number of ether oxygens (including phenoxy) is 1. The molecule has 1 aliphatic rings. The Bertz CT molecular complexity index is 364. The van der Waals surface area contributed by atoms with Crippen molar-refractivity contribution in [1.29, 1.82) is 0 Å². The maximum absolute atomic E-state index is 10.3. The van der Waals surface area contributed by atoms with Crippen LogP contribution in [-0.4, -0.2) is 23.7 Å². The predicted molar refractivity (Wildman–Crippen MR) is 68.4 cm³/mol. The number of methoxy groups -OCH3 is 1. The van der Waals surface area contributed by atoms with Crippen molar-refractivity contribution >= 4 is 23.4 Å². The molecular weight excluding hydrogens is 244 g/mol. The molecule has 16 heavy (non-hydrogen) atoms. The summed E-state index contributed by atoms with van der Waals surface area (Å²) in [4.78, 5) is 0. The third-order valence-corrected chi connectivity index (χ3v) is 4.35. The van der Waals surface area contributed by atoms with Crippen molar-refractivity contribution in [2.45, 2.75) is 12.5 Å². The molecule has 0 radical (unpaired) electrons. The molecule has 88 valence electrons. The number of aliphatic hydroxyl groups is 1. The van der Waals surface area contributed by atoms with Crippen molar-refractivity contribution in [3.8, 4) is 5.75 Å². The van der Waals surface area contributed by atoms with Crippen molar-refractivity contribution in [1.82, 2.24) is 0 Å². The Morgan fingerprint density at radius 3 is 3.00 bits per heavy atom. The standard InChI is InChI=1S/C12H15ClO2S/c1-15-11-3-2-9(13)6-10(11)12(14)8-4-5-16-7-8/h2-3,6,8,12,14H,4-5,7H2,1H3. The summed E-state index contributed by atoms with van der Waals surface area (Å²) in [5.74, 6) is 3.17. The lowest BCUT2D eigenvalue weighted by atomic mass is 9.95. The number of hydrogen-bond acceptors (Lipinski definition) is 3. The van der Waals surface area contributed by atoms with Gasteiger partial charge in [-0.15, -0.1) is 0 Å². The van der Waals surface area contributed by atoms with E-state index in [0.29, 0.717) is 16.7 Å². The highest BCUT2D eigenvalue weighted by Gasteiger charge is 2.27. The van der Waals surface area contributed by atoms with Crippen LogP contribution in [0.2, 0.25) is 5.02 Å². The molecule has 1 fully saturated rings. The van der Waals surface area contributed by atoms with Gasteiger partial charge >= 0.3 is 0 Å². The highest BCUT2D eigenvalue weighted by Crippen LogP contribution is 2.38. The zero-order valence-corrected chi connectivity index (χ0v) is 10.7. The largest absolute Gasteiger partial charge is 0.496 e. The molecule has 0 spiro atoms. The first-order valence-corrected chi connectivity index (χ1v) is 6.85. The summed E-state index contributed by atoms with van der Waals surface area (Å²) in [7, 11) is 1.61. The molecule has 0 saturated carbocycles. The molecule has 0 aliphatic carbocycles. The first-order valence-electron chi connectivity index (χ1n) is 5.31. The Balaban J connectivity index is 2.26. The van der Waals surface area contributed by atoms with E-state index >= 15 is 0 Å². The predicted octanol–water partition coefficient (Wildman–Crippen LogP) is 3.14. The second kappa shape index (κ2) is 5.30. The van der Waals surface area contributed by atoms with Crippen LogP contribution in [0.3, 0.4) is 0 Å². The van der Waals surface area contributed by atoms with Crippen LogP contribution >= 0.6 is 23.4 Å². The van der Waals surface area contributed by atoms with Gasteiger partial charge in [-0.25, -0.2) is 0 Å². The average molecular weight is 259 g/mol. The SMILES string of the molecule is COc1ccc(Cl)cc1C(O)C1CCSC1. The average Bonchev–Trinajstić information content (AvgIpc) is 2.81. The van der Waals surface area contributed by atoms with E-state index in [1.165, 1.54) is 0 Å². The monoisotopic (exact) mass is 258 g/mol. The van der Waals surface area contributed by atoms with Crippen LogP contribution in [-0.2, 0) is 0 Å². The normalized spacial score (nSPS) is 22.1. The Labute approximate surface area is 105 Å². The molecule has 0 aromatic heterocycles. The Hall–Kier alpha value is -0.380. The van der Waals surface area contributed by atoms with Crippen LogP contribution < -0.4 is 4.74 Å². The molecule has 1 saturated heterocycles. The zero-order chi connectivity index (χ0) is 11.5. The number of rotatable bonds is 3. The lowest BCUT2D eigenvalue weighted by molar-refractivity contribution is 0.118. The van der Waals surface area contributed by atoms with Gasteiger partial charge in [0, 0.05) is 10.6 Å². The summed E-state index contributed by atoms with van der Waals surface area (Å²) in [6.07, 6.45) is 0.588. The van der Waals surface area contributed by atoms with E-state index in [1.807, 2.05) is 17.8 Å². The van der Waals surface area contributed by atoms with E-state index in [1.54, 1.807) is 19.2 Å². The van der Waals surface area contributed by atoms with E-state index in [9.17, 15) is 5.11 Å². The second-order valence-corrected chi connectivity index (χ2v) is 5.54. The first-order chi connectivity index (χ1) is 7.72. The second-order valence-electron chi connectivity index (χ2n) is 3.95. The minimum absolute atomic E-state index is 0.317. The molecule has 2 atom stereocenters. The number of thioether (sulfide) groups is 1. The molecule has 2 nitrogen and oxygen atoms in total. The quantitative estimate of drug-likeness (QED) is 0.903. The van der Waals surface area contributed by atoms with Crippen molar-refractivity contribution in [3.05, 3.63) is 28.8 Å². The molecule has 0 amide bonds. The lowest BCUT2D eigenvalue weighted by Crippen LogP contribution is -2.12. The fourth-order valence-corrected chi connectivity index (χ4v) is 3.46. The summed E-state index contributed by atoms with van der Waals surface area (Å²) in [6, 6.07) is 5.39. The molecule has 1 aliphatic heterocycles. The lowest BCUT2D eigenvalue weighted by Gasteiger charge is -2.20.